The van der Waals surface area contributed by atoms with Crippen molar-refractivity contribution in [1.29, 1.82) is 0 Å². The van der Waals surface area contributed by atoms with Crippen molar-refractivity contribution >= 4 is 5.82 Å². The second-order valence-corrected chi connectivity index (χ2v) is 6.41. The van der Waals surface area contributed by atoms with Gasteiger partial charge in [-0.1, -0.05) is 0 Å². The van der Waals surface area contributed by atoms with Gasteiger partial charge < -0.3 is 30.3 Å². The number of nitrogens with zero attached hydrogens (tertiary/aromatic N) is 2. The quantitative estimate of drug-likeness (QED) is 0.326. The molecule has 29 heavy (non-hydrogen) atoms. The normalized spacial score (nSPS) is 11.9. The summed E-state index contributed by atoms with van der Waals surface area (Å²) in [6.45, 7) is 1.64. The Morgan fingerprint density at radius 2 is 1.69 bits per heavy atom. The van der Waals surface area contributed by atoms with Crippen LogP contribution < -0.4 is 31.4 Å². The van der Waals surface area contributed by atoms with E-state index in [9.17, 15) is 14.7 Å². The van der Waals surface area contributed by atoms with Crippen LogP contribution in [0.4, 0.5) is 5.82 Å². The second-order valence-electron chi connectivity index (χ2n) is 6.41. The number of aromatic nitrogens is 2. The minimum absolute atomic E-state index is 0.0468. The number of hydrogen-bond acceptors (Lipinski definition) is 8. The molecule has 0 radical (unpaired) electrons. The lowest BCUT2D eigenvalue weighted by Crippen LogP contribution is -2.38. The van der Waals surface area contributed by atoms with E-state index >= 15 is 0 Å². The van der Waals surface area contributed by atoms with E-state index in [0.29, 0.717) is 37.0 Å². The molecule has 160 valence electrons. The molecule has 1 aromatic carbocycles. The fraction of sp³-hybridized carbons (Fsp3) is 0.474. The van der Waals surface area contributed by atoms with Gasteiger partial charge in [0, 0.05) is 39.8 Å². The Bertz CT molecular complexity index is 878. The minimum Gasteiger partial charge on any atom is -0.491 e. The third-order valence-corrected chi connectivity index (χ3v) is 4.14. The molecule has 0 amide bonds. The van der Waals surface area contributed by atoms with Crippen molar-refractivity contribution in [3.05, 3.63) is 51.2 Å². The summed E-state index contributed by atoms with van der Waals surface area (Å²) in [6, 6.07) is 8.28. The molecule has 1 aromatic heterocycles. The van der Waals surface area contributed by atoms with Gasteiger partial charge in [0.15, 0.2) is 0 Å². The summed E-state index contributed by atoms with van der Waals surface area (Å²) in [6.07, 6.45) is -0.700. The van der Waals surface area contributed by atoms with E-state index in [-0.39, 0.29) is 25.4 Å². The van der Waals surface area contributed by atoms with Gasteiger partial charge in [0.1, 0.15) is 36.6 Å². The van der Waals surface area contributed by atoms with Crippen LogP contribution in [0.2, 0.25) is 0 Å². The van der Waals surface area contributed by atoms with Crippen LogP contribution in [0.15, 0.2) is 39.9 Å². The summed E-state index contributed by atoms with van der Waals surface area (Å²) in [5.74, 6) is 1.68. The molecular formula is C19H28N4O6. The monoisotopic (exact) mass is 408 g/mol. The Morgan fingerprint density at radius 1 is 1.03 bits per heavy atom. The number of rotatable bonds is 12. The second kappa shape index (κ2) is 11.2. The van der Waals surface area contributed by atoms with E-state index in [2.05, 4.69) is 10.6 Å². The van der Waals surface area contributed by atoms with E-state index < -0.39 is 11.8 Å². The molecule has 1 heterocycles. The highest BCUT2D eigenvalue weighted by Crippen LogP contribution is 2.17. The number of benzene rings is 1. The smallest absolute Gasteiger partial charge is 0.332 e. The van der Waals surface area contributed by atoms with Crippen molar-refractivity contribution < 1.29 is 19.7 Å². The van der Waals surface area contributed by atoms with Crippen molar-refractivity contribution in [3.8, 4) is 11.5 Å². The minimum atomic E-state index is -0.700. The van der Waals surface area contributed by atoms with Crippen LogP contribution in [0, 0.1) is 0 Å². The van der Waals surface area contributed by atoms with E-state index in [0.717, 1.165) is 4.57 Å². The van der Waals surface area contributed by atoms with Crippen LogP contribution >= 0.6 is 0 Å². The van der Waals surface area contributed by atoms with Crippen molar-refractivity contribution in [2.45, 2.75) is 6.10 Å². The third kappa shape index (κ3) is 6.93. The number of nitrogens with one attached hydrogen (secondary N) is 2. The maximum absolute atomic E-state index is 11.8. The first-order valence-electron chi connectivity index (χ1n) is 9.28. The molecule has 0 aliphatic heterocycles. The molecular weight excluding hydrogens is 380 g/mol. The van der Waals surface area contributed by atoms with Gasteiger partial charge >= 0.3 is 5.69 Å². The van der Waals surface area contributed by atoms with Gasteiger partial charge in [0.25, 0.3) is 5.56 Å². The predicted molar refractivity (Wildman–Crippen MR) is 109 cm³/mol. The van der Waals surface area contributed by atoms with Crippen molar-refractivity contribution in [2.24, 2.45) is 14.1 Å². The summed E-state index contributed by atoms with van der Waals surface area (Å²) in [7, 11) is 3.02. The van der Waals surface area contributed by atoms with E-state index in [1.54, 1.807) is 31.3 Å². The molecule has 4 N–H and O–H groups in total. The molecule has 0 bridgehead atoms. The van der Waals surface area contributed by atoms with E-state index in [1.807, 2.05) is 0 Å². The SMILES string of the molecule is Cn1c(NCCNCC(O)COc2ccc(OCCO)cc2)cc(=O)n(C)c1=O. The van der Waals surface area contributed by atoms with E-state index in [1.165, 1.54) is 17.7 Å². The summed E-state index contributed by atoms with van der Waals surface area (Å²) in [4.78, 5) is 23.5. The number of aliphatic hydroxyl groups is 2. The van der Waals surface area contributed by atoms with Crippen LogP contribution in [0.3, 0.4) is 0 Å². The molecule has 0 saturated heterocycles. The van der Waals surface area contributed by atoms with Gasteiger partial charge in [-0.05, 0) is 24.3 Å². The Balaban J connectivity index is 1.65. The number of aliphatic hydroxyl groups excluding tert-OH is 2. The topological polar surface area (TPSA) is 127 Å². The zero-order chi connectivity index (χ0) is 21.2. The van der Waals surface area contributed by atoms with Gasteiger partial charge in [0.2, 0.25) is 0 Å². The average molecular weight is 408 g/mol. The molecule has 0 spiro atoms. The maximum Gasteiger partial charge on any atom is 0.332 e. The highest BCUT2D eigenvalue weighted by Gasteiger charge is 2.07. The fourth-order valence-electron chi connectivity index (χ4n) is 2.50. The van der Waals surface area contributed by atoms with Gasteiger partial charge in [-0.25, -0.2) is 4.79 Å². The Kier molecular flexibility index (Phi) is 8.71. The molecule has 0 aliphatic carbocycles. The highest BCUT2D eigenvalue weighted by atomic mass is 16.5. The van der Waals surface area contributed by atoms with Crippen molar-refractivity contribution in [3.63, 3.8) is 0 Å². The Morgan fingerprint density at radius 3 is 2.34 bits per heavy atom. The molecule has 2 rings (SSSR count). The number of anilines is 1. The van der Waals surface area contributed by atoms with E-state index in [4.69, 9.17) is 14.6 Å². The summed E-state index contributed by atoms with van der Waals surface area (Å²) in [5, 5.41) is 24.8. The Labute approximate surface area is 168 Å². The van der Waals surface area contributed by atoms with Gasteiger partial charge in [-0.2, -0.15) is 0 Å². The number of hydrogen-bond donors (Lipinski definition) is 4. The van der Waals surface area contributed by atoms with Crippen LogP contribution in [-0.2, 0) is 14.1 Å². The van der Waals surface area contributed by atoms with Crippen molar-refractivity contribution in [2.75, 3.05) is 44.8 Å². The maximum atomic E-state index is 11.8. The zero-order valence-corrected chi connectivity index (χ0v) is 16.6. The fourth-order valence-corrected chi connectivity index (χ4v) is 2.50. The first-order chi connectivity index (χ1) is 13.9. The lowest BCUT2D eigenvalue weighted by molar-refractivity contribution is 0.107. The van der Waals surface area contributed by atoms with Gasteiger partial charge in [0.05, 0.1) is 6.61 Å². The summed E-state index contributed by atoms with van der Waals surface area (Å²) in [5.41, 5.74) is -0.766. The Hall–Kier alpha value is -2.82. The molecule has 10 nitrogen and oxygen atoms in total. The molecule has 1 atom stereocenters. The average Bonchev–Trinajstić information content (AvgIpc) is 2.73. The first-order valence-corrected chi connectivity index (χ1v) is 9.28. The standard InChI is InChI=1S/C19H28N4O6/c1-22-17(11-18(26)23(2)19(22)27)21-8-7-20-12-14(25)13-29-16-5-3-15(4-6-16)28-10-9-24/h3-6,11,14,20-21,24-25H,7-10,12-13H2,1-2H3. The molecule has 0 fully saturated rings. The highest BCUT2D eigenvalue weighted by molar-refractivity contribution is 5.33. The summed E-state index contributed by atoms with van der Waals surface area (Å²) < 4.78 is 13.2. The lowest BCUT2D eigenvalue weighted by Gasteiger charge is -2.15. The van der Waals surface area contributed by atoms with Crippen molar-refractivity contribution in [1.82, 2.24) is 14.5 Å². The zero-order valence-electron chi connectivity index (χ0n) is 16.6. The first kappa shape index (κ1) is 22.5. The van der Waals surface area contributed by atoms with Crippen LogP contribution in [0.5, 0.6) is 11.5 Å². The summed E-state index contributed by atoms with van der Waals surface area (Å²) >= 11 is 0. The van der Waals surface area contributed by atoms with Crippen LogP contribution in [0.25, 0.3) is 0 Å². The molecule has 1 unspecified atom stereocenters. The van der Waals surface area contributed by atoms with Gasteiger partial charge in [-0.15, -0.1) is 0 Å². The lowest BCUT2D eigenvalue weighted by atomic mass is 10.3. The van der Waals surface area contributed by atoms with Gasteiger partial charge in [-0.3, -0.25) is 13.9 Å². The predicted octanol–water partition coefficient (Wildman–Crippen LogP) is -1.10. The third-order valence-electron chi connectivity index (χ3n) is 4.14. The molecule has 0 saturated carbocycles. The molecule has 10 heteroatoms. The van der Waals surface area contributed by atoms with Crippen LogP contribution in [0.1, 0.15) is 0 Å². The van der Waals surface area contributed by atoms with Crippen LogP contribution in [-0.4, -0.2) is 64.9 Å². The largest absolute Gasteiger partial charge is 0.491 e. The number of ether oxygens (including phenoxy) is 2. The molecule has 2 aromatic rings. The molecule has 0 aliphatic rings.